The standard InChI is InChI=1S/C16H22N4OS.2ClH/c21-16(5-1-6-18-11-16)12-19-9-4-14-10-22-15(20-14)13-2-7-17-8-3-13;;/h2-3,7-8,10,18-19,21H,1,4-6,9,11-12H2;2*1H. The van der Waals surface area contributed by atoms with Crippen LogP contribution in [-0.2, 0) is 6.42 Å². The van der Waals surface area contributed by atoms with Crippen molar-refractivity contribution in [2.75, 3.05) is 26.2 Å². The lowest BCUT2D eigenvalue weighted by Crippen LogP contribution is -2.52. The van der Waals surface area contributed by atoms with Crippen molar-refractivity contribution in [3.63, 3.8) is 0 Å². The summed E-state index contributed by atoms with van der Waals surface area (Å²) in [6.07, 6.45) is 6.37. The van der Waals surface area contributed by atoms with E-state index in [1.165, 1.54) is 0 Å². The Kier molecular flexibility index (Phi) is 9.12. The van der Waals surface area contributed by atoms with Crippen LogP contribution in [0.5, 0.6) is 0 Å². The molecule has 0 aliphatic carbocycles. The summed E-state index contributed by atoms with van der Waals surface area (Å²) in [6.45, 7) is 3.17. The minimum absolute atomic E-state index is 0. The molecule has 0 spiro atoms. The zero-order valence-electron chi connectivity index (χ0n) is 13.4. The zero-order chi connectivity index (χ0) is 15.3. The molecule has 1 saturated heterocycles. The van der Waals surface area contributed by atoms with Crippen LogP contribution in [0.1, 0.15) is 18.5 Å². The number of hydrogen-bond acceptors (Lipinski definition) is 6. The Balaban J connectivity index is 0.00000144. The molecular formula is C16H24Cl2N4OS. The number of nitrogens with zero attached hydrogens (tertiary/aromatic N) is 2. The number of aliphatic hydroxyl groups is 1. The Morgan fingerprint density at radius 3 is 2.79 bits per heavy atom. The molecule has 134 valence electrons. The van der Waals surface area contributed by atoms with Crippen molar-refractivity contribution in [3.05, 3.63) is 35.6 Å². The maximum absolute atomic E-state index is 10.4. The molecule has 1 fully saturated rings. The monoisotopic (exact) mass is 390 g/mol. The van der Waals surface area contributed by atoms with E-state index in [2.05, 4.69) is 26.0 Å². The Bertz CT molecular complexity index is 591. The predicted octanol–water partition coefficient (Wildman–Crippen LogP) is 2.30. The fourth-order valence-corrected chi connectivity index (χ4v) is 3.55. The van der Waals surface area contributed by atoms with E-state index in [0.717, 1.165) is 48.6 Å². The lowest BCUT2D eigenvalue weighted by molar-refractivity contribution is 0.0174. The van der Waals surface area contributed by atoms with E-state index in [-0.39, 0.29) is 24.8 Å². The third-order valence-electron chi connectivity index (χ3n) is 3.94. The topological polar surface area (TPSA) is 70.1 Å². The van der Waals surface area contributed by atoms with E-state index in [9.17, 15) is 5.11 Å². The van der Waals surface area contributed by atoms with E-state index >= 15 is 0 Å². The largest absolute Gasteiger partial charge is 0.387 e. The molecule has 1 unspecified atom stereocenters. The van der Waals surface area contributed by atoms with E-state index in [1.54, 1.807) is 23.7 Å². The summed E-state index contributed by atoms with van der Waals surface area (Å²) >= 11 is 1.66. The van der Waals surface area contributed by atoms with Gasteiger partial charge in [0, 0.05) is 49.4 Å². The van der Waals surface area contributed by atoms with Crippen molar-refractivity contribution in [2.24, 2.45) is 0 Å². The van der Waals surface area contributed by atoms with Gasteiger partial charge in [-0.3, -0.25) is 4.98 Å². The van der Waals surface area contributed by atoms with Crippen LogP contribution in [0.15, 0.2) is 29.9 Å². The number of nitrogens with one attached hydrogen (secondary N) is 2. The molecule has 0 aromatic carbocycles. The maximum Gasteiger partial charge on any atom is 0.123 e. The van der Waals surface area contributed by atoms with Gasteiger partial charge in [-0.2, -0.15) is 0 Å². The fourth-order valence-electron chi connectivity index (χ4n) is 2.69. The number of rotatable bonds is 6. The summed E-state index contributed by atoms with van der Waals surface area (Å²) in [4.78, 5) is 8.69. The van der Waals surface area contributed by atoms with Gasteiger partial charge in [-0.25, -0.2) is 4.98 Å². The highest BCUT2D eigenvalue weighted by molar-refractivity contribution is 7.13. The number of pyridine rings is 1. The first-order valence-electron chi connectivity index (χ1n) is 7.74. The summed E-state index contributed by atoms with van der Waals surface area (Å²) in [7, 11) is 0. The van der Waals surface area contributed by atoms with Gasteiger partial charge >= 0.3 is 0 Å². The molecule has 1 atom stereocenters. The average molecular weight is 391 g/mol. The molecule has 2 aromatic heterocycles. The van der Waals surface area contributed by atoms with Crippen LogP contribution in [-0.4, -0.2) is 46.9 Å². The summed E-state index contributed by atoms with van der Waals surface area (Å²) in [5.74, 6) is 0. The number of hydrogen-bond donors (Lipinski definition) is 3. The molecule has 3 heterocycles. The van der Waals surface area contributed by atoms with Gasteiger partial charge in [-0.1, -0.05) is 0 Å². The highest BCUT2D eigenvalue weighted by Gasteiger charge is 2.28. The first-order valence-corrected chi connectivity index (χ1v) is 8.62. The molecule has 2 aromatic rings. The van der Waals surface area contributed by atoms with Crippen LogP contribution >= 0.6 is 36.2 Å². The molecule has 0 amide bonds. The van der Waals surface area contributed by atoms with Gasteiger partial charge in [-0.15, -0.1) is 36.2 Å². The van der Waals surface area contributed by atoms with Gasteiger partial charge in [0.2, 0.25) is 0 Å². The number of aromatic nitrogens is 2. The third kappa shape index (κ3) is 5.95. The summed E-state index contributed by atoms with van der Waals surface area (Å²) < 4.78 is 0. The minimum Gasteiger partial charge on any atom is -0.387 e. The van der Waals surface area contributed by atoms with E-state index in [4.69, 9.17) is 0 Å². The maximum atomic E-state index is 10.4. The molecule has 0 radical (unpaired) electrons. The second kappa shape index (κ2) is 10.3. The number of piperidine rings is 1. The molecule has 1 aliphatic heterocycles. The average Bonchev–Trinajstić information content (AvgIpc) is 3.02. The van der Waals surface area contributed by atoms with E-state index in [0.29, 0.717) is 13.1 Å². The molecule has 8 heteroatoms. The van der Waals surface area contributed by atoms with Crippen molar-refractivity contribution in [2.45, 2.75) is 24.9 Å². The minimum atomic E-state index is -0.595. The Labute approximate surface area is 159 Å². The third-order valence-corrected chi connectivity index (χ3v) is 4.88. The van der Waals surface area contributed by atoms with Gasteiger partial charge in [0.1, 0.15) is 5.01 Å². The van der Waals surface area contributed by atoms with Crippen molar-refractivity contribution >= 4 is 36.2 Å². The van der Waals surface area contributed by atoms with Crippen molar-refractivity contribution in [1.29, 1.82) is 0 Å². The molecule has 3 rings (SSSR count). The van der Waals surface area contributed by atoms with Crippen LogP contribution in [0, 0.1) is 0 Å². The van der Waals surface area contributed by atoms with Crippen LogP contribution in [0.2, 0.25) is 0 Å². The van der Waals surface area contributed by atoms with Crippen molar-refractivity contribution in [3.8, 4) is 10.6 Å². The summed E-state index contributed by atoms with van der Waals surface area (Å²) in [5, 5.41) is 20.1. The molecule has 0 saturated carbocycles. The van der Waals surface area contributed by atoms with Crippen molar-refractivity contribution < 1.29 is 5.11 Å². The van der Waals surface area contributed by atoms with Gasteiger partial charge < -0.3 is 15.7 Å². The molecule has 3 N–H and O–H groups in total. The second-order valence-corrected chi connectivity index (χ2v) is 6.67. The quantitative estimate of drug-likeness (QED) is 0.660. The van der Waals surface area contributed by atoms with Crippen molar-refractivity contribution in [1.82, 2.24) is 20.6 Å². The SMILES string of the molecule is Cl.Cl.OC1(CNCCc2csc(-c3ccncc3)n2)CCCNC1. The predicted molar refractivity (Wildman–Crippen MR) is 103 cm³/mol. The van der Waals surface area contributed by atoms with Gasteiger partial charge in [0.25, 0.3) is 0 Å². The second-order valence-electron chi connectivity index (χ2n) is 5.81. The highest BCUT2D eigenvalue weighted by Crippen LogP contribution is 2.22. The van der Waals surface area contributed by atoms with Gasteiger partial charge in [0.15, 0.2) is 0 Å². The van der Waals surface area contributed by atoms with Crippen LogP contribution < -0.4 is 10.6 Å². The van der Waals surface area contributed by atoms with Gasteiger partial charge in [-0.05, 0) is 31.5 Å². The van der Waals surface area contributed by atoms with Crippen LogP contribution in [0.3, 0.4) is 0 Å². The fraction of sp³-hybridized carbons (Fsp3) is 0.500. The van der Waals surface area contributed by atoms with Gasteiger partial charge in [0.05, 0.1) is 11.3 Å². The Hall–Kier alpha value is -0.760. The Morgan fingerprint density at radius 1 is 1.29 bits per heavy atom. The Morgan fingerprint density at radius 2 is 2.08 bits per heavy atom. The lowest BCUT2D eigenvalue weighted by Gasteiger charge is -2.32. The first-order chi connectivity index (χ1) is 10.8. The molecule has 24 heavy (non-hydrogen) atoms. The first kappa shape index (κ1) is 21.3. The summed E-state index contributed by atoms with van der Waals surface area (Å²) in [5.41, 5.74) is 1.61. The normalized spacial score (nSPS) is 20.0. The number of β-amino-alcohol motifs (C(OH)–C–C–N with tert-alkyl or cyclic N) is 1. The van der Waals surface area contributed by atoms with Crippen LogP contribution in [0.25, 0.3) is 10.6 Å². The molecular weight excluding hydrogens is 367 g/mol. The highest BCUT2D eigenvalue weighted by atomic mass is 35.5. The van der Waals surface area contributed by atoms with E-state index in [1.807, 2.05) is 12.1 Å². The number of halogens is 2. The lowest BCUT2D eigenvalue weighted by atomic mass is 9.94. The smallest absolute Gasteiger partial charge is 0.123 e. The number of thiazole rings is 1. The van der Waals surface area contributed by atoms with E-state index < -0.39 is 5.60 Å². The molecule has 1 aliphatic rings. The van der Waals surface area contributed by atoms with Crippen LogP contribution in [0.4, 0.5) is 0 Å². The zero-order valence-corrected chi connectivity index (χ0v) is 15.9. The molecule has 0 bridgehead atoms. The summed E-state index contributed by atoms with van der Waals surface area (Å²) in [6, 6.07) is 3.96. The molecule has 5 nitrogen and oxygen atoms in total.